The number of hydrogen-bond donors (Lipinski definition) is 2. The van der Waals surface area contributed by atoms with Crippen molar-refractivity contribution in [2.45, 2.75) is 12.5 Å². The van der Waals surface area contributed by atoms with Crippen molar-refractivity contribution in [3.63, 3.8) is 0 Å². The van der Waals surface area contributed by atoms with Gasteiger partial charge < -0.3 is 15.6 Å². The van der Waals surface area contributed by atoms with Crippen LogP contribution in [0.2, 0.25) is 0 Å². The summed E-state index contributed by atoms with van der Waals surface area (Å²) in [4.78, 5) is 0. The summed E-state index contributed by atoms with van der Waals surface area (Å²) in [6, 6.07) is 13.0. The second-order valence-electron chi connectivity index (χ2n) is 4.34. The number of halogens is 1. The normalized spacial score (nSPS) is 12.2. The second-order valence-corrected chi connectivity index (χ2v) is 5.26. The number of benzene rings is 2. The monoisotopic (exact) mass is 321 g/mol. The number of nitrogen functional groups attached to an aromatic ring is 1. The number of ether oxygens (including phenoxy) is 1. The molecule has 4 heteroatoms. The molecular formula is C15H16BrNO2. The van der Waals surface area contributed by atoms with Crippen LogP contribution >= 0.6 is 15.9 Å². The van der Waals surface area contributed by atoms with E-state index in [2.05, 4.69) is 15.9 Å². The summed E-state index contributed by atoms with van der Waals surface area (Å²) in [5.41, 5.74) is 8.13. The molecule has 0 saturated carbocycles. The van der Waals surface area contributed by atoms with Crippen LogP contribution in [-0.2, 0) is 6.42 Å². The average Bonchev–Trinajstić information content (AvgIpc) is 2.39. The van der Waals surface area contributed by atoms with Crippen LogP contribution in [0.5, 0.6) is 5.75 Å². The maximum absolute atomic E-state index is 10.3. The van der Waals surface area contributed by atoms with Crippen molar-refractivity contribution in [3.8, 4) is 5.75 Å². The summed E-state index contributed by atoms with van der Waals surface area (Å²) in [5.74, 6) is 0.776. The van der Waals surface area contributed by atoms with Crippen molar-refractivity contribution in [1.29, 1.82) is 0 Å². The van der Waals surface area contributed by atoms with E-state index in [1.165, 1.54) is 0 Å². The van der Waals surface area contributed by atoms with E-state index in [9.17, 15) is 5.11 Å². The smallest absolute Gasteiger partial charge is 0.122 e. The minimum Gasteiger partial charge on any atom is -0.496 e. The highest BCUT2D eigenvalue weighted by atomic mass is 79.9. The van der Waals surface area contributed by atoms with E-state index in [0.717, 1.165) is 21.3 Å². The van der Waals surface area contributed by atoms with Gasteiger partial charge in [-0.2, -0.15) is 0 Å². The van der Waals surface area contributed by atoms with Crippen LogP contribution in [0.4, 0.5) is 5.69 Å². The van der Waals surface area contributed by atoms with E-state index in [-0.39, 0.29) is 0 Å². The van der Waals surface area contributed by atoms with Crippen LogP contribution in [0.3, 0.4) is 0 Å². The van der Waals surface area contributed by atoms with Crippen LogP contribution in [0.1, 0.15) is 17.2 Å². The number of anilines is 1. The lowest BCUT2D eigenvalue weighted by atomic mass is 10.0. The first-order valence-corrected chi connectivity index (χ1v) is 6.75. The van der Waals surface area contributed by atoms with Gasteiger partial charge in [-0.15, -0.1) is 0 Å². The molecule has 2 rings (SSSR count). The van der Waals surface area contributed by atoms with Gasteiger partial charge in [0.05, 0.1) is 13.2 Å². The molecule has 0 aromatic heterocycles. The lowest BCUT2D eigenvalue weighted by molar-refractivity contribution is 0.177. The molecule has 100 valence electrons. The molecule has 0 aliphatic heterocycles. The van der Waals surface area contributed by atoms with E-state index < -0.39 is 6.10 Å². The fourth-order valence-electron chi connectivity index (χ4n) is 1.95. The summed E-state index contributed by atoms with van der Waals surface area (Å²) in [7, 11) is 1.63. The van der Waals surface area contributed by atoms with Crippen LogP contribution in [0.15, 0.2) is 46.9 Å². The van der Waals surface area contributed by atoms with Crippen molar-refractivity contribution in [2.24, 2.45) is 0 Å². The molecule has 0 radical (unpaired) electrons. The van der Waals surface area contributed by atoms with Crippen molar-refractivity contribution < 1.29 is 9.84 Å². The Bertz CT molecular complexity index is 555. The van der Waals surface area contributed by atoms with Gasteiger partial charge in [0.15, 0.2) is 0 Å². The number of rotatable bonds is 4. The molecule has 3 N–H and O–H groups in total. The van der Waals surface area contributed by atoms with Crippen molar-refractivity contribution in [3.05, 3.63) is 58.1 Å². The lowest BCUT2D eigenvalue weighted by Gasteiger charge is -2.14. The fraction of sp³-hybridized carbons (Fsp3) is 0.200. The zero-order valence-corrected chi connectivity index (χ0v) is 12.2. The first kappa shape index (κ1) is 13.9. The minimum absolute atomic E-state index is 0.493. The van der Waals surface area contributed by atoms with Gasteiger partial charge in [0, 0.05) is 16.6 Å². The summed E-state index contributed by atoms with van der Waals surface area (Å²) >= 11 is 3.43. The molecule has 0 saturated heterocycles. The van der Waals surface area contributed by atoms with Crippen LogP contribution in [0.25, 0.3) is 0 Å². The summed E-state index contributed by atoms with van der Waals surface area (Å²) in [5, 5.41) is 10.3. The Hall–Kier alpha value is -1.52. The molecule has 0 heterocycles. The molecule has 0 spiro atoms. The van der Waals surface area contributed by atoms with Crippen molar-refractivity contribution >= 4 is 21.6 Å². The Kier molecular flexibility index (Phi) is 4.45. The molecule has 2 aromatic carbocycles. The molecular weight excluding hydrogens is 306 g/mol. The third kappa shape index (κ3) is 3.49. The van der Waals surface area contributed by atoms with Crippen molar-refractivity contribution in [1.82, 2.24) is 0 Å². The first-order valence-electron chi connectivity index (χ1n) is 5.96. The third-order valence-corrected chi connectivity index (χ3v) is 3.47. The Morgan fingerprint density at radius 2 is 1.89 bits per heavy atom. The molecule has 1 atom stereocenters. The Balaban J connectivity index is 2.20. The Labute approximate surface area is 121 Å². The largest absolute Gasteiger partial charge is 0.496 e. The zero-order valence-electron chi connectivity index (χ0n) is 10.6. The Morgan fingerprint density at radius 1 is 1.21 bits per heavy atom. The van der Waals surface area contributed by atoms with E-state index in [0.29, 0.717) is 12.1 Å². The summed E-state index contributed by atoms with van der Waals surface area (Å²) in [6.07, 6.45) is -0.0872. The molecule has 0 aliphatic carbocycles. The molecule has 0 aliphatic rings. The number of aliphatic hydroxyl groups is 1. The van der Waals surface area contributed by atoms with Crippen LogP contribution in [-0.4, -0.2) is 12.2 Å². The topological polar surface area (TPSA) is 55.5 Å². The van der Waals surface area contributed by atoms with E-state index >= 15 is 0 Å². The van der Waals surface area contributed by atoms with Gasteiger partial charge in [0.1, 0.15) is 5.75 Å². The zero-order chi connectivity index (χ0) is 13.8. The average molecular weight is 322 g/mol. The van der Waals surface area contributed by atoms with Gasteiger partial charge in [-0.05, 0) is 41.5 Å². The summed E-state index contributed by atoms with van der Waals surface area (Å²) < 4.78 is 6.27. The molecule has 0 fully saturated rings. The van der Waals surface area contributed by atoms with Gasteiger partial charge in [0.25, 0.3) is 0 Å². The van der Waals surface area contributed by atoms with Crippen LogP contribution < -0.4 is 10.5 Å². The molecule has 2 aromatic rings. The van der Waals surface area contributed by atoms with Gasteiger partial charge in [-0.25, -0.2) is 0 Å². The van der Waals surface area contributed by atoms with Crippen LogP contribution in [0, 0.1) is 0 Å². The number of methoxy groups -OCH3 is 1. The van der Waals surface area contributed by atoms with Gasteiger partial charge in [-0.3, -0.25) is 0 Å². The van der Waals surface area contributed by atoms with Crippen molar-refractivity contribution in [2.75, 3.05) is 12.8 Å². The predicted octanol–water partition coefficient (Wildman–Crippen LogP) is 3.32. The standard InChI is InChI=1S/C15H16BrNO2/c1-19-15-7-4-12(16)8-11(15)9-14(18)10-2-5-13(17)6-3-10/h2-8,14,18H,9,17H2,1H3. The SMILES string of the molecule is COc1ccc(Br)cc1CC(O)c1ccc(N)cc1. The lowest BCUT2D eigenvalue weighted by Crippen LogP contribution is -2.03. The molecule has 0 bridgehead atoms. The van der Waals surface area contributed by atoms with Gasteiger partial charge >= 0.3 is 0 Å². The van der Waals surface area contributed by atoms with E-state index in [1.54, 1.807) is 19.2 Å². The maximum atomic E-state index is 10.3. The van der Waals surface area contributed by atoms with Gasteiger partial charge in [-0.1, -0.05) is 28.1 Å². The maximum Gasteiger partial charge on any atom is 0.122 e. The highest BCUT2D eigenvalue weighted by Crippen LogP contribution is 2.28. The molecule has 1 unspecified atom stereocenters. The molecule has 19 heavy (non-hydrogen) atoms. The number of hydrogen-bond acceptors (Lipinski definition) is 3. The van der Waals surface area contributed by atoms with E-state index in [4.69, 9.17) is 10.5 Å². The summed E-state index contributed by atoms with van der Waals surface area (Å²) in [6.45, 7) is 0. The third-order valence-electron chi connectivity index (χ3n) is 2.98. The highest BCUT2D eigenvalue weighted by Gasteiger charge is 2.12. The quantitative estimate of drug-likeness (QED) is 0.849. The minimum atomic E-state index is -0.580. The molecule has 3 nitrogen and oxygen atoms in total. The van der Waals surface area contributed by atoms with Gasteiger partial charge in [0.2, 0.25) is 0 Å². The number of nitrogens with two attached hydrogens (primary N) is 1. The first-order chi connectivity index (χ1) is 9.10. The Morgan fingerprint density at radius 3 is 2.53 bits per heavy atom. The fourth-order valence-corrected chi connectivity index (χ4v) is 2.36. The second kappa shape index (κ2) is 6.08. The highest BCUT2D eigenvalue weighted by molar-refractivity contribution is 9.10. The van der Waals surface area contributed by atoms with E-state index in [1.807, 2.05) is 30.3 Å². The predicted molar refractivity (Wildman–Crippen MR) is 80.2 cm³/mol. The number of aliphatic hydroxyl groups excluding tert-OH is 1. The molecule has 0 amide bonds.